The van der Waals surface area contributed by atoms with Gasteiger partial charge in [0.05, 0.1) is 15.7 Å². The zero-order valence-electron chi connectivity index (χ0n) is 11.3. The molecule has 0 saturated carbocycles. The lowest BCUT2D eigenvalue weighted by Crippen LogP contribution is -2.15. The third-order valence-electron chi connectivity index (χ3n) is 3.62. The molecular formula is C16H15Cl2FN2. The second-order valence-corrected chi connectivity index (χ2v) is 5.89. The summed E-state index contributed by atoms with van der Waals surface area (Å²) < 4.78 is 13.2. The quantitative estimate of drug-likeness (QED) is 0.820. The second kappa shape index (κ2) is 6.12. The molecule has 1 aliphatic heterocycles. The van der Waals surface area contributed by atoms with Crippen LogP contribution in [0.1, 0.15) is 17.5 Å². The van der Waals surface area contributed by atoms with Gasteiger partial charge in [-0.25, -0.2) is 4.39 Å². The number of benzene rings is 2. The molecule has 3 rings (SSSR count). The van der Waals surface area contributed by atoms with Crippen molar-refractivity contribution in [2.24, 2.45) is 0 Å². The molecule has 110 valence electrons. The summed E-state index contributed by atoms with van der Waals surface area (Å²) in [7, 11) is 0. The van der Waals surface area contributed by atoms with Crippen LogP contribution < -0.4 is 10.6 Å². The first kappa shape index (κ1) is 14.5. The molecule has 2 nitrogen and oxygen atoms in total. The molecule has 2 aromatic rings. The lowest BCUT2D eigenvalue weighted by Gasteiger charge is -2.22. The maximum atomic E-state index is 13.2. The van der Waals surface area contributed by atoms with Crippen molar-refractivity contribution in [2.45, 2.75) is 19.4 Å². The van der Waals surface area contributed by atoms with Crippen LogP contribution in [0.2, 0.25) is 10.0 Å². The highest BCUT2D eigenvalue weighted by Crippen LogP contribution is 2.33. The molecule has 0 aromatic heterocycles. The van der Waals surface area contributed by atoms with Gasteiger partial charge in [-0.2, -0.15) is 0 Å². The van der Waals surface area contributed by atoms with E-state index in [2.05, 4.69) is 28.8 Å². The highest BCUT2D eigenvalue weighted by Gasteiger charge is 2.13. The number of fused-ring (bicyclic) bond motifs is 1. The Morgan fingerprint density at radius 1 is 1.19 bits per heavy atom. The van der Waals surface area contributed by atoms with E-state index in [4.69, 9.17) is 23.2 Å². The SMILES string of the molecule is Fc1cc(Cl)c(NCc2cccc3c2NCCC3)c(Cl)c1. The summed E-state index contributed by atoms with van der Waals surface area (Å²) in [5.41, 5.74) is 4.24. The van der Waals surface area contributed by atoms with Gasteiger partial charge in [-0.15, -0.1) is 0 Å². The minimum Gasteiger partial charge on any atom is -0.385 e. The first-order chi connectivity index (χ1) is 10.1. The van der Waals surface area contributed by atoms with E-state index < -0.39 is 5.82 Å². The molecule has 0 unspecified atom stereocenters. The molecule has 0 fully saturated rings. The van der Waals surface area contributed by atoms with Crippen molar-refractivity contribution >= 4 is 34.6 Å². The number of para-hydroxylation sites is 1. The largest absolute Gasteiger partial charge is 0.385 e. The van der Waals surface area contributed by atoms with Crippen LogP contribution >= 0.6 is 23.2 Å². The predicted octanol–water partition coefficient (Wildman–Crippen LogP) is 5.10. The van der Waals surface area contributed by atoms with Crippen LogP contribution in [0.25, 0.3) is 0 Å². The van der Waals surface area contributed by atoms with Crippen molar-refractivity contribution in [3.63, 3.8) is 0 Å². The van der Waals surface area contributed by atoms with Gasteiger partial charge in [0, 0.05) is 18.8 Å². The van der Waals surface area contributed by atoms with E-state index in [1.807, 2.05) is 0 Å². The van der Waals surface area contributed by atoms with Gasteiger partial charge in [-0.3, -0.25) is 0 Å². The van der Waals surface area contributed by atoms with Crippen LogP contribution in [0.5, 0.6) is 0 Å². The van der Waals surface area contributed by atoms with Crippen LogP contribution in [0.3, 0.4) is 0 Å². The number of hydrogen-bond acceptors (Lipinski definition) is 2. The molecule has 0 bridgehead atoms. The van der Waals surface area contributed by atoms with E-state index in [1.54, 1.807) is 0 Å². The van der Waals surface area contributed by atoms with Gasteiger partial charge in [-0.05, 0) is 36.1 Å². The van der Waals surface area contributed by atoms with Gasteiger partial charge in [-0.1, -0.05) is 41.4 Å². The summed E-state index contributed by atoms with van der Waals surface area (Å²) in [6, 6.07) is 8.78. The van der Waals surface area contributed by atoms with E-state index >= 15 is 0 Å². The molecule has 1 aliphatic rings. The third-order valence-corrected chi connectivity index (χ3v) is 4.22. The van der Waals surface area contributed by atoms with Crippen molar-refractivity contribution in [1.82, 2.24) is 0 Å². The summed E-state index contributed by atoms with van der Waals surface area (Å²) in [4.78, 5) is 0. The lowest BCUT2D eigenvalue weighted by molar-refractivity contribution is 0.628. The van der Waals surface area contributed by atoms with Gasteiger partial charge >= 0.3 is 0 Å². The van der Waals surface area contributed by atoms with Gasteiger partial charge in [0.15, 0.2) is 0 Å². The number of rotatable bonds is 3. The minimum atomic E-state index is -0.436. The number of anilines is 2. The van der Waals surface area contributed by atoms with Crippen molar-refractivity contribution < 1.29 is 4.39 Å². The Hall–Kier alpha value is -1.45. The Kier molecular flexibility index (Phi) is 4.22. The smallest absolute Gasteiger partial charge is 0.126 e. The molecule has 0 spiro atoms. The van der Waals surface area contributed by atoms with Crippen molar-refractivity contribution in [3.8, 4) is 0 Å². The van der Waals surface area contributed by atoms with Crippen molar-refractivity contribution in [2.75, 3.05) is 17.2 Å². The molecule has 0 amide bonds. The standard InChI is InChI=1S/C16H15Cl2FN2/c17-13-7-12(19)8-14(18)16(13)21-9-11-4-1-3-10-5-2-6-20-15(10)11/h1,3-4,7-8,20-21H,2,5-6,9H2. The summed E-state index contributed by atoms with van der Waals surface area (Å²) in [6.07, 6.45) is 2.24. The molecule has 0 radical (unpaired) electrons. The van der Waals surface area contributed by atoms with Gasteiger partial charge < -0.3 is 10.6 Å². The average molecular weight is 325 g/mol. The topological polar surface area (TPSA) is 24.1 Å². The van der Waals surface area contributed by atoms with Crippen LogP contribution in [0, 0.1) is 5.82 Å². The molecule has 2 N–H and O–H groups in total. The van der Waals surface area contributed by atoms with E-state index in [0.29, 0.717) is 12.2 Å². The van der Waals surface area contributed by atoms with E-state index in [0.717, 1.165) is 24.9 Å². The molecule has 5 heteroatoms. The van der Waals surface area contributed by atoms with E-state index in [1.165, 1.54) is 23.4 Å². The highest BCUT2D eigenvalue weighted by molar-refractivity contribution is 6.39. The average Bonchev–Trinajstić information content (AvgIpc) is 2.46. The molecule has 0 atom stereocenters. The number of hydrogen-bond donors (Lipinski definition) is 2. The fourth-order valence-corrected chi connectivity index (χ4v) is 3.22. The van der Waals surface area contributed by atoms with Crippen LogP contribution in [0.15, 0.2) is 30.3 Å². The zero-order valence-corrected chi connectivity index (χ0v) is 12.9. The first-order valence-corrected chi connectivity index (χ1v) is 7.64. The minimum absolute atomic E-state index is 0.290. The summed E-state index contributed by atoms with van der Waals surface area (Å²) in [5.74, 6) is -0.436. The van der Waals surface area contributed by atoms with Crippen LogP contribution in [0.4, 0.5) is 15.8 Å². The van der Waals surface area contributed by atoms with Crippen LogP contribution in [-0.2, 0) is 13.0 Å². The molecule has 2 aromatic carbocycles. The Balaban J connectivity index is 1.83. The van der Waals surface area contributed by atoms with Crippen molar-refractivity contribution in [3.05, 3.63) is 57.3 Å². The molecule has 1 heterocycles. The number of nitrogens with one attached hydrogen (secondary N) is 2. The fraction of sp³-hybridized carbons (Fsp3) is 0.250. The summed E-state index contributed by atoms with van der Waals surface area (Å²) in [5, 5.41) is 7.22. The number of aryl methyl sites for hydroxylation is 1. The zero-order chi connectivity index (χ0) is 14.8. The van der Waals surface area contributed by atoms with Gasteiger partial charge in [0.25, 0.3) is 0 Å². The summed E-state index contributed by atoms with van der Waals surface area (Å²) >= 11 is 12.1. The Bertz CT molecular complexity index is 650. The molecule has 0 aliphatic carbocycles. The highest BCUT2D eigenvalue weighted by atomic mass is 35.5. The maximum absolute atomic E-state index is 13.2. The molecule has 0 saturated heterocycles. The second-order valence-electron chi connectivity index (χ2n) is 5.08. The molecular weight excluding hydrogens is 310 g/mol. The Labute approximate surface area is 133 Å². The molecule has 21 heavy (non-hydrogen) atoms. The fourth-order valence-electron chi connectivity index (χ4n) is 2.62. The normalized spacial score (nSPS) is 13.5. The third kappa shape index (κ3) is 3.09. The Morgan fingerprint density at radius 3 is 2.71 bits per heavy atom. The Morgan fingerprint density at radius 2 is 1.95 bits per heavy atom. The number of halogens is 3. The predicted molar refractivity (Wildman–Crippen MR) is 87.0 cm³/mol. The lowest BCUT2D eigenvalue weighted by atomic mass is 9.99. The monoisotopic (exact) mass is 324 g/mol. The first-order valence-electron chi connectivity index (χ1n) is 6.88. The van der Waals surface area contributed by atoms with E-state index in [9.17, 15) is 4.39 Å². The van der Waals surface area contributed by atoms with Crippen LogP contribution in [-0.4, -0.2) is 6.54 Å². The van der Waals surface area contributed by atoms with Gasteiger partial charge in [0.1, 0.15) is 5.82 Å². The van der Waals surface area contributed by atoms with Crippen molar-refractivity contribution in [1.29, 1.82) is 0 Å². The summed E-state index contributed by atoms with van der Waals surface area (Å²) in [6.45, 7) is 1.57. The van der Waals surface area contributed by atoms with Gasteiger partial charge in [0.2, 0.25) is 0 Å². The van der Waals surface area contributed by atoms with E-state index in [-0.39, 0.29) is 10.0 Å². The maximum Gasteiger partial charge on any atom is 0.126 e.